The second kappa shape index (κ2) is 9.57. The van der Waals surface area contributed by atoms with Crippen molar-refractivity contribution in [2.75, 3.05) is 27.3 Å². The second-order valence-corrected chi connectivity index (χ2v) is 8.11. The quantitative estimate of drug-likeness (QED) is 0.692. The van der Waals surface area contributed by atoms with E-state index in [1.807, 2.05) is 31.2 Å². The van der Waals surface area contributed by atoms with Crippen LogP contribution in [0.5, 0.6) is 11.5 Å². The molecule has 1 N–H and O–H groups in total. The average Bonchev–Trinajstić information content (AvgIpc) is 2.71. The highest BCUT2D eigenvalue weighted by Crippen LogP contribution is 2.20. The van der Waals surface area contributed by atoms with Crippen molar-refractivity contribution in [2.45, 2.75) is 24.8 Å². The molecule has 152 valence electrons. The van der Waals surface area contributed by atoms with Gasteiger partial charge < -0.3 is 14.8 Å². The highest BCUT2D eigenvalue weighted by atomic mass is 32.2. The van der Waals surface area contributed by atoms with Crippen LogP contribution in [0.1, 0.15) is 25.5 Å². The third-order valence-corrected chi connectivity index (χ3v) is 6.30. The molecule has 1 amide bonds. The number of amides is 1. The summed E-state index contributed by atoms with van der Waals surface area (Å²) < 4.78 is 37.0. The molecule has 0 bridgehead atoms. The number of nitrogens with zero attached hydrogens (tertiary/aromatic N) is 1. The normalized spacial score (nSPS) is 12.5. The molecule has 0 spiro atoms. The zero-order chi connectivity index (χ0) is 20.7. The molecular formula is C20H26N2O5S. The van der Waals surface area contributed by atoms with E-state index >= 15 is 0 Å². The lowest BCUT2D eigenvalue weighted by atomic mass is 10.1. The van der Waals surface area contributed by atoms with Crippen LogP contribution in [0.25, 0.3) is 0 Å². The van der Waals surface area contributed by atoms with Crippen molar-refractivity contribution in [1.82, 2.24) is 9.62 Å². The predicted molar refractivity (Wildman–Crippen MR) is 107 cm³/mol. The van der Waals surface area contributed by atoms with Gasteiger partial charge in [0.05, 0.1) is 31.7 Å². The van der Waals surface area contributed by atoms with Crippen molar-refractivity contribution in [2.24, 2.45) is 0 Å². The van der Waals surface area contributed by atoms with Crippen LogP contribution in [0.2, 0.25) is 0 Å². The Kier molecular flexibility index (Phi) is 7.42. The fourth-order valence-corrected chi connectivity index (χ4v) is 4.09. The minimum atomic E-state index is -3.78. The zero-order valence-electron chi connectivity index (χ0n) is 16.5. The lowest BCUT2D eigenvalue weighted by Crippen LogP contribution is -2.41. The highest BCUT2D eigenvalue weighted by Gasteiger charge is 2.25. The third kappa shape index (κ3) is 5.24. The lowest BCUT2D eigenvalue weighted by Gasteiger charge is -2.22. The summed E-state index contributed by atoms with van der Waals surface area (Å²) in [4.78, 5) is 12.6. The number of sulfonamides is 1. The maximum Gasteiger partial charge on any atom is 0.243 e. The Morgan fingerprint density at radius 1 is 1.00 bits per heavy atom. The first-order valence-corrected chi connectivity index (χ1v) is 10.3. The molecule has 7 nitrogen and oxygen atoms in total. The highest BCUT2D eigenvalue weighted by molar-refractivity contribution is 7.89. The van der Waals surface area contributed by atoms with Gasteiger partial charge in [0.2, 0.25) is 15.9 Å². The number of carbonyl (C=O) groups is 1. The lowest BCUT2D eigenvalue weighted by molar-refractivity contribution is -0.121. The van der Waals surface area contributed by atoms with Crippen LogP contribution < -0.4 is 14.8 Å². The van der Waals surface area contributed by atoms with Crippen LogP contribution in [-0.2, 0) is 14.8 Å². The summed E-state index contributed by atoms with van der Waals surface area (Å²) in [5.74, 6) is 0.917. The molecule has 0 aliphatic rings. The van der Waals surface area contributed by atoms with Gasteiger partial charge in [-0.05, 0) is 48.9 Å². The van der Waals surface area contributed by atoms with Crippen LogP contribution in [0.4, 0.5) is 0 Å². The molecule has 1 atom stereocenters. The number of methoxy groups -OCH3 is 2. The van der Waals surface area contributed by atoms with Gasteiger partial charge in [-0.2, -0.15) is 4.31 Å². The van der Waals surface area contributed by atoms with Gasteiger partial charge in [-0.25, -0.2) is 8.42 Å². The van der Waals surface area contributed by atoms with Crippen molar-refractivity contribution in [3.05, 3.63) is 54.1 Å². The summed E-state index contributed by atoms with van der Waals surface area (Å²) >= 11 is 0. The van der Waals surface area contributed by atoms with Crippen LogP contribution in [-0.4, -0.2) is 45.9 Å². The number of likely N-dealkylation sites (N-methyl/N-ethyl adjacent to an activating group) is 1. The molecule has 0 aliphatic heterocycles. The van der Waals surface area contributed by atoms with Gasteiger partial charge in [-0.3, -0.25) is 4.79 Å². The van der Waals surface area contributed by atoms with Gasteiger partial charge in [0.1, 0.15) is 11.5 Å². The number of benzene rings is 2. The SMILES string of the molecule is CCN(CC(=O)N[C@H](C)c1ccc(OC)cc1)S(=O)(=O)c1ccc(OC)cc1. The fourth-order valence-electron chi connectivity index (χ4n) is 2.69. The topological polar surface area (TPSA) is 84.9 Å². The molecule has 2 aromatic rings. The number of carbonyl (C=O) groups excluding carboxylic acids is 1. The maximum absolute atomic E-state index is 12.8. The van der Waals surface area contributed by atoms with Gasteiger partial charge >= 0.3 is 0 Å². The Labute approximate surface area is 166 Å². The number of nitrogens with one attached hydrogen (secondary N) is 1. The first-order chi connectivity index (χ1) is 13.3. The average molecular weight is 407 g/mol. The van der Waals surface area contributed by atoms with E-state index in [1.54, 1.807) is 26.2 Å². The molecule has 0 fully saturated rings. The summed E-state index contributed by atoms with van der Waals surface area (Å²) in [6, 6.07) is 13.2. The molecular weight excluding hydrogens is 380 g/mol. The molecule has 2 rings (SSSR count). The summed E-state index contributed by atoms with van der Waals surface area (Å²) in [6.07, 6.45) is 0. The number of hydrogen-bond donors (Lipinski definition) is 1. The molecule has 0 saturated carbocycles. The Morgan fingerprint density at radius 3 is 1.96 bits per heavy atom. The molecule has 0 aliphatic carbocycles. The van der Waals surface area contributed by atoms with Crippen LogP contribution in [0.15, 0.2) is 53.4 Å². The largest absolute Gasteiger partial charge is 0.497 e. The molecule has 28 heavy (non-hydrogen) atoms. The van der Waals surface area contributed by atoms with Crippen molar-refractivity contribution in [1.29, 1.82) is 0 Å². The Bertz CT molecular complexity index is 880. The smallest absolute Gasteiger partial charge is 0.243 e. The van der Waals surface area contributed by atoms with Crippen LogP contribution in [0, 0.1) is 0 Å². The minimum Gasteiger partial charge on any atom is -0.497 e. The van der Waals surface area contributed by atoms with Crippen molar-refractivity contribution < 1.29 is 22.7 Å². The minimum absolute atomic E-state index is 0.117. The summed E-state index contributed by atoms with van der Waals surface area (Å²) in [5.41, 5.74) is 0.898. The van der Waals surface area contributed by atoms with E-state index in [0.717, 1.165) is 15.6 Å². The predicted octanol–water partition coefficient (Wildman–Crippen LogP) is 2.59. The fraction of sp³-hybridized carbons (Fsp3) is 0.350. The second-order valence-electron chi connectivity index (χ2n) is 6.17. The van der Waals surface area contributed by atoms with Gasteiger partial charge in [-0.15, -0.1) is 0 Å². The van der Waals surface area contributed by atoms with E-state index in [9.17, 15) is 13.2 Å². The van der Waals surface area contributed by atoms with Gasteiger partial charge in [0, 0.05) is 6.54 Å². The van der Waals surface area contributed by atoms with E-state index in [-0.39, 0.29) is 29.9 Å². The Morgan fingerprint density at radius 2 is 1.50 bits per heavy atom. The summed E-state index contributed by atoms with van der Waals surface area (Å²) in [6.45, 7) is 3.46. The number of rotatable bonds is 9. The number of hydrogen-bond acceptors (Lipinski definition) is 5. The molecule has 0 aromatic heterocycles. The maximum atomic E-state index is 12.8. The van der Waals surface area contributed by atoms with E-state index in [4.69, 9.17) is 9.47 Å². The molecule has 0 heterocycles. The molecule has 8 heteroatoms. The van der Waals surface area contributed by atoms with E-state index in [2.05, 4.69) is 5.32 Å². The van der Waals surface area contributed by atoms with Crippen molar-refractivity contribution in [3.8, 4) is 11.5 Å². The van der Waals surface area contributed by atoms with Crippen LogP contribution >= 0.6 is 0 Å². The number of ether oxygens (including phenoxy) is 2. The summed E-state index contributed by atoms with van der Waals surface area (Å²) in [5, 5.41) is 2.83. The first kappa shape index (κ1) is 21.7. The van der Waals surface area contributed by atoms with Crippen molar-refractivity contribution >= 4 is 15.9 Å². The molecule has 0 unspecified atom stereocenters. The summed E-state index contributed by atoms with van der Waals surface area (Å²) in [7, 11) is -0.684. The first-order valence-electron chi connectivity index (χ1n) is 8.89. The molecule has 2 aromatic carbocycles. The zero-order valence-corrected chi connectivity index (χ0v) is 17.3. The van der Waals surface area contributed by atoms with Gasteiger partial charge in [0.25, 0.3) is 0 Å². The van der Waals surface area contributed by atoms with Gasteiger partial charge in [-0.1, -0.05) is 19.1 Å². The Hall–Kier alpha value is -2.58. The van der Waals surface area contributed by atoms with E-state index < -0.39 is 10.0 Å². The van der Waals surface area contributed by atoms with Gasteiger partial charge in [0.15, 0.2) is 0 Å². The Balaban J connectivity index is 2.06. The monoisotopic (exact) mass is 406 g/mol. The standard InChI is InChI=1S/C20H26N2O5S/c1-5-22(28(24,25)19-12-10-18(27-4)11-13-19)14-20(23)21-15(2)16-6-8-17(26-3)9-7-16/h6-13,15H,5,14H2,1-4H3,(H,21,23)/t15-/m1/s1. The third-order valence-electron chi connectivity index (χ3n) is 4.36. The molecule has 0 saturated heterocycles. The van der Waals surface area contributed by atoms with E-state index in [0.29, 0.717) is 5.75 Å². The van der Waals surface area contributed by atoms with E-state index in [1.165, 1.54) is 19.2 Å². The van der Waals surface area contributed by atoms with Crippen molar-refractivity contribution in [3.63, 3.8) is 0 Å². The molecule has 0 radical (unpaired) electrons. The van der Waals surface area contributed by atoms with Crippen LogP contribution in [0.3, 0.4) is 0 Å².